The van der Waals surface area contributed by atoms with Gasteiger partial charge in [0, 0.05) is 17.9 Å². The van der Waals surface area contributed by atoms with Gasteiger partial charge in [-0.2, -0.15) is 0 Å². The lowest BCUT2D eigenvalue weighted by Crippen LogP contribution is -2.54. The van der Waals surface area contributed by atoms with Crippen LogP contribution in [0.15, 0.2) is 24.5 Å². The minimum Gasteiger partial charge on any atom is -0.394 e. The maximum Gasteiger partial charge on any atom is 0.0613 e. The molecular weight excluding hydrogens is 188 g/mol. The maximum absolute atomic E-state index is 9.26. The maximum atomic E-state index is 9.26. The average Bonchev–Trinajstić information content (AvgIpc) is 2.24. The van der Waals surface area contributed by atoms with Gasteiger partial charge >= 0.3 is 0 Å². The average molecular weight is 206 g/mol. The van der Waals surface area contributed by atoms with Gasteiger partial charge in [0.15, 0.2) is 0 Å². The zero-order chi connectivity index (χ0) is 10.6. The molecule has 0 bridgehead atoms. The molecule has 3 heteroatoms. The number of aliphatic hydroxyl groups is 1. The van der Waals surface area contributed by atoms with Crippen LogP contribution in [0.4, 0.5) is 0 Å². The van der Waals surface area contributed by atoms with E-state index >= 15 is 0 Å². The molecule has 0 amide bonds. The van der Waals surface area contributed by atoms with E-state index in [1.165, 1.54) is 12.0 Å². The molecule has 1 aromatic heterocycles. The Morgan fingerprint density at radius 1 is 1.47 bits per heavy atom. The van der Waals surface area contributed by atoms with Gasteiger partial charge < -0.3 is 10.4 Å². The van der Waals surface area contributed by atoms with Crippen molar-refractivity contribution in [2.24, 2.45) is 0 Å². The van der Waals surface area contributed by atoms with Crippen LogP contribution in [0.5, 0.6) is 0 Å². The summed E-state index contributed by atoms with van der Waals surface area (Å²) in [5, 5.41) is 12.7. The van der Waals surface area contributed by atoms with E-state index in [1.54, 1.807) is 6.20 Å². The Balaban J connectivity index is 1.75. The van der Waals surface area contributed by atoms with Crippen LogP contribution in [0, 0.1) is 0 Å². The molecule has 0 aromatic carbocycles. The Morgan fingerprint density at radius 2 is 2.33 bits per heavy atom. The second kappa shape index (κ2) is 4.73. The summed E-state index contributed by atoms with van der Waals surface area (Å²) in [6.07, 6.45) is 8.12. The summed E-state index contributed by atoms with van der Waals surface area (Å²) in [7, 11) is 0. The predicted molar refractivity (Wildman–Crippen MR) is 59.6 cm³/mol. The van der Waals surface area contributed by atoms with Crippen LogP contribution in [0.3, 0.4) is 0 Å². The highest BCUT2D eigenvalue weighted by atomic mass is 16.3. The van der Waals surface area contributed by atoms with Gasteiger partial charge in [-0.15, -0.1) is 0 Å². The third kappa shape index (κ3) is 2.55. The molecule has 2 rings (SSSR count). The fourth-order valence-electron chi connectivity index (χ4n) is 2.01. The second-order valence-electron chi connectivity index (χ2n) is 4.33. The normalized spacial score (nSPS) is 18.5. The van der Waals surface area contributed by atoms with E-state index in [-0.39, 0.29) is 12.1 Å². The quantitative estimate of drug-likeness (QED) is 0.759. The fraction of sp³-hybridized carbons (Fsp3) is 0.583. The summed E-state index contributed by atoms with van der Waals surface area (Å²) >= 11 is 0. The number of hydrogen-bond acceptors (Lipinski definition) is 3. The lowest BCUT2D eigenvalue weighted by molar-refractivity contribution is 0.0895. The number of aliphatic hydroxyl groups excluding tert-OH is 1. The zero-order valence-corrected chi connectivity index (χ0v) is 8.95. The second-order valence-corrected chi connectivity index (χ2v) is 4.33. The van der Waals surface area contributed by atoms with Crippen molar-refractivity contribution < 1.29 is 5.11 Å². The van der Waals surface area contributed by atoms with Gasteiger partial charge in [0.1, 0.15) is 0 Å². The van der Waals surface area contributed by atoms with Crippen molar-refractivity contribution in [3.05, 3.63) is 30.1 Å². The van der Waals surface area contributed by atoms with Crippen molar-refractivity contribution in [3.63, 3.8) is 0 Å². The lowest BCUT2D eigenvalue weighted by atomic mass is 9.77. The fourth-order valence-corrected chi connectivity index (χ4v) is 2.01. The highest BCUT2D eigenvalue weighted by Crippen LogP contribution is 2.30. The Bertz CT molecular complexity index is 290. The van der Waals surface area contributed by atoms with E-state index in [1.807, 2.05) is 12.3 Å². The molecule has 3 nitrogen and oxygen atoms in total. The first-order chi connectivity index (χ1) is 7.35. The number of aromatic nitrogens is 1. The molecule has 15 heavy (non-hydrogen) atoms. The molecule has 0 unspecified atom stereocenters. The van der Waals surface area contributed by atoms with E-state index in [0.717, 1.165) is 25.8 Å². The van der Waals surface area contributed by atoms with Crippen molar-refractivity contribution in [1.29, 1.82) is 0 Å². The highest BCUT2D eigenvalue weighted by Gasteiger charge is 2.35. The van der Waals surface area contributed by atoms with Crippen LogP contribution < -0.4 is 5.32 Å². The largest absolute Gasteiger partial charge is 0.394 e. The first-order valence-electron chi connectivity index (χ1n) is 5.59. The SMILES string of the molecule is OCC1(NCCc2cccnc2)CCC1. The Kier molecular flexibility index (Phi) is 3.34. The monoisotopic (exact) mass is 206 g/mol. The van der Waals surface area contributed by atoms with Gasteiger partial charge in [0.25, 0.3) is 0 Å². The standard InChI is InChI=1S/C12H18N2O/c15-10-12(5-2-6-12)14-8-4-11-3-1-7-13-9-11/h1,3,7,9,14-15H,2,4-6,8,10H2. The van der Waals surface area contributed by atoms with Gasteiger partial charge in [0.2, 0.25) is 0 Å². The van der Waals surface area contributed by atoms with E-state index < -0.39 is 0 Å². The minimum absolute atomic E-state index is 0.0300. The van der Waals surface area contributed by atoms with Crippen molar-refractivity contribution >= 4 is 0 Å². The van der Waals surface area contributed by atoms with E-state index in [0.29, 0.717) is 0 Å². The molecular formula is C12H18N2O. The van der Waals surface area contributed by atoms with Crippen LogP contribution in [0.25, 0.3) is 0 Å². The van der Waals surface area contributed by atoms with E-state index in [9.17, 15) is 5.11 Å². The van der Waals surface area contributed by atoms with Crippen LogP contribution in [-0.2, 0) is 6.42 Å². The first kappa shape index (κ1) is 10.6. The van der Waals surface area contributed by atoms with Crippen molar-refractivity contribution in [3.8, 4) is 0 Å². The molecule has 1 heterocycles. The first-order valence-corrected chi connectivity index (χ1v) is 5.59. The Labute approximate surface area is 90.5 Å². The van der Waals surface area contributed by atoms with Gasteiger partial charge in [-0.25, -0.2) is 0 Å². The number of hydrogen-bond donors (Lipinski definition) is 2. The predicted octanol–water partition coefficient (Wildman–Crippen LogP) is 1.13. The van der Waals surface area contributed by atoms with Crippen molar-refractivity contribution in [1.82, 2.24) is 10.3 Å². The van der Waals surface area contributed by atoms with Crippen LogP contribution in [0.1, 0.15) is 24.8 Å². The summed E-state index contributed by atoms with van der Waals surface area (Å²) in [5.74, 6) is 0. The molecule has 0 saturated heterocycles. The highest BCUT2D eigenvalue weighted by molar-refractivity contribution is 5.09. The third-order valence-corrected chi connectivity index (χ3v) is 3.25. The molecule has 1 saturated carbocycles. The number of nitrogens with one attached hydrogen (secondary N) is 1. The zero-order valence-electron chi connectivity index (χ0n) is 8.95. The minimum atomic E-state index is 0.0300. The Hall–Kier alpha value is -0.930. The number of rotatable bonds is 5. The van der Waals surface area contributed by atoms with Crippen molar-refractivity contribution in [2.75, 3.05) is 13.2 Å². The van der Waals surface area contributed by atoms with Gasteiger partial charge in [-0.3, -0.25) is 4.98 Å². The molecule has 0 aliphatic heterocycles. The molecule has 82 valence electrons. The molecule has 0 atom stereocenters. The van der Waals surface area contributed by atoms with Gasteiger partial charge in [-0.1, -0.05) is 6.07 Å². The summed E-state index contributed by atoms with van der Waals surface area (Å²) in [6.45, 7) is 1.19. The van der Waals surface area contributed by atoms with Crippen LogP contribution >= 0.6 is 0 Å². The summed E-state index contributed by atoms with van der Waals surface area (Å²) < 4.78 is 0. The molecule has 1 aliphatic carbocycles. The van der Waals surface area contributed by atoms with Crippen LogP contribution in [0.2, 0.25) is 0 Å². The lowest BCUT2D eigenvalue weighted by Gasteiger charge is -2.41. The number of pyridine rings is 1. The van der Waals surface area contributed by atoms with Gasteiger partial charge in [0.05, 0.1) is 6.61 Å². The third-order valence-electron chi connectivity index (χ3n) is 3.25. The van der Waals surface area contributed by atoms with Crippen LogP contribution in [-0.4, -0.2) is 28.8 Å². The summed E-state index contributed by atoms with van der Waals surface area (Å²) in [4.78, 5) is 4.08. The molecule has 1 fully saturated rings. The number of nitrogens with zero attached hydrogens (tertiary/aromatic N) is 1. The molecule has 0 spiro atoms. The van der Waals surface area contributed by atoms with E-state index in [2.05, 4.69) is 16.4 Å². The van der Waals surface area contributed by atoms with E-state index in [4.69, 9.17) is 0 Å². The molecule has 0 radical (unpaired) electrons. The smallest absolute Gasteiger partial charge is 0.0613 e. The summed E-state index contributed by atoms with van der Waals surface area (Å²) in [6, 6.07) is 4.04. The summed E-state index contributed by atoms with van der Waals surface area (Å²) in [5.41, 5.74) is 1.28. The molecule has 1 aliphatic rings. The molecule has 1 aromatic rings. The van der Waals surface area contributed by atoms with Crippen molar-refractivity contribution in [2.45, 2.75) is 31.2 Å². The molecule has 2 N–H and O–H groups in total. The topological polar surface area (TPSA) is 45.1 Å². The Morgan fingerprint density at radius 3 is 2.87 bits per heavy atom. The van der Waals surface area contributed by atoms with Gasteiger partial charge in [-0.05, 0) is 43.9 Å².